The molecule has 0 saturated heterocycles. The van der Waals surface area contributed by atoms with Crippen molar-refractivity contribution < 1.29 is 9.59 Å². The number of benzene rings is 1. The van der Waals surface area contributed by atoms with E-state index in [4.69, 9.17) is 0 Å². The van der Waals surface area contributed by atoms with Crippen LogP contribution in [0.5, 0.6) is 0 Å². The van der Waals surface area contributed by atoms with E-state index in [0.717, 1.165) is 5.69 Å². The SMILES string of the molecule is CNC(=O)CCC(C)(C)NC(=O)Nc1ccccc1C1CC1. The Hall–Kier alpha value is -2.04. The lowest BCUT2D eigenvalue weighted by Gasteiger charge is -2.26. The van der Waals surface area contributed by atoms with E-state index in [9.17, 15) is 9.59 Å². The molecule has 0 atom stereocenters. The van der Waals surface area contributed by atoms with Crippen LogP contribution in [0.4, 0.5) is 10.5 Å². The van der Waals surface area contributed by atoms with Crippen LogP contribution in [-0.4, -0.2) is 24.5 Å². The number of urea groups is 1. The Morgan fingerprint density at radius 2 is 1.91 bits per heavy atom. The van der Waals surface area contributed by atoms with Crippen LogP contribution in [0.25, 0.3) is 0 Å². The normalized spacial score (nSPS) is 14.3. The number of anilines is 1. The highest BCUT2D eigenvalue weighted by molar-refractivity contribution is 5.90. The number of hydrogen-bond acceptors (Lipinski definition) is 2. The van der Waals surface area contributed by atoms with Crippen LogP contribution in [0.1, 0.15) is 51.0 Å². The van der Waals surface area contributed by atoms with E-state index >= 15 is 0 Å². The van der Waals surface area contributed by atoms with Crippen molar-refractivity contribution in [3.05, 3.63) is 29.8 Å². The Kier molecular flexibility index (Phi) is 5.06. The number of carbonyl (C=O) groups excluding carboxylic acids is 2. The average Bonchev–Trinajstić information content (AvgIpc) is 3.29. The fraction of sp³-hybridized carbons (Fsp3) is 0.529. The number of rotatable bonds is 6. The van der Waals surface area contributed by atoms with Gasteiger partial charge in [0.05, 0.1) is 0 Å². The summed E-state index contributed by atoms with van der Waals surface area (Å²) in [6.45, 7) is 3.84. The van der Waals surface area contributed by atoms with Gasteiger partial charge in [-0.2, -0.15) is 0 Å². The minimum atomic E-state index is -0.439. The molecular formula is C17H25N3O2. The maximum Gasteiger partial charge on any atom is 0.319 e. The highest BCUT2D eigenvalue weighted by Gasteiger charge is 2.27. The van der Waals surface area contributed by atoms with Gasteiger partial charge >= 0.3 is 6.03 Å². The molecule has 0 radical (unpaired) electrons. The molecule has 0 aliphatic heterocycles. The molecule has 1 saturated carbocycles. The van der Waals surface area contributed by atoms with Crippen molar-refractivity contribution in [3.8, 4) is 0 Å². The summed E-state index contributed by atoms with van der Waals surface area (Å²) in [5.41, 5.74) is 1.65. The first-order chi connectivity index (χ1) is 10.4. The van der Waals surface area contributed by atoms with E-state index < -0.39 is 5.54 Å². The molecule has 3 amide bonds. The molecule has 1 fully saturated rings. The van der Waals surface area contributed by atoms with Crippen molar-refractivity contribution in [2.45, 2.75) is 51.0 Å². The van der Waals surface area contributed by atoms with Crippen molar-refractivity contribution in [2.24, 2.45) is 0 Å². The Morgan fingerprint density at radius 1 is 1.23 bits per heavy atom. The first kappa shape index (κ1) is 16.3. The summed E-state index contributed by atoms with van der Waals surface area (Å²) in [4.78, 5) is 23.5. The summed E-state index contributed by atoms with van der Waals surface area (Å²) in [5, 5.41) is 8.47. The molecule has 5 heteroatoms. The van der Waals surface area contributed by atoms with Gasteiger partial charge in [0.1, 0.15) is 0 Å². The van der Waals surface area contributed by atoms with Crippen LogP contribution in [0.15, 0.2) is 24.3 Å². The zero-order chi connectivity index (χ0) is 16.2. The number of carbonyl (C=O) groups is 2. The largest absolute Gasteiger partial charge is 0.359 e. The van der Waals surface area contributed by atoms with Gasteiger partial charge in [-0.25, -0.2) is 4.79 Å². The van der Waals surface area contributed by atoms with Crippen LogP contribution in [0.3, 0.4) is 0 Å². The van der Waals surface area contributed by atoms with E-state index in [-0.39, 0.29) is 11.9 Å². The molecule has 0 spiro atoms. The molecule has 1 aromatic rings. The maximum absolute atomic E-state index is 12.2. The summed E-state index contributed by atoms with van der Waals surface area (Å²) < 4.78 is 0. The topological polar surface area (TPSA) is 70.2 Å². The van der Waals surface area contributed by atoms with Gasteiger partial charge in [0.25, 0.3) is 0 Å². The summed E-state index contributed by atoms with van der Waals surface area (Å²) in [5.74, 6) is 0.562. The molecular weight excluding hydrogens is 278 g/mol. The highest BCUT2D eigenvalue weighted by Crippen LogP contribution is 2.43. The Bertz CT molecular complexity index is 551. The maximum atomic E-state index is 12.2. The van der Waals surface area contributed by atoms with Gasteiger partial charge in [0.15, 0.2) is 0 Å². The third-order valence-electron chi connectivity index (χ3n) is 3.93. The monoisotopic (exact) mass is 303 g/mol. The van der Waals surface area contributed by atoms with Gasteiger partial charge < -0.3 is 16.0 Å². The second-order valence-corrected chi connectivity index (χ2v) is 6.50. The smallest absolute Gasteiger partial charge is 0.319 e. The summed E-state index contributed by atoms with van der Waals surface area (Å²) in [7, 11) is 1.62. The number of para-hydroxylation sites is 1. The lowest BCUT2D eigenvalue weighted by molar-refractivity contribution is -0.120. The van der Waals surface area contributed by atoms with Crippen molar-refractivity contribution in [3.63, 3.8) is 0 Å². The minimum absolute atomic E-state index is 0.0191. The van der Waals surface area contributed by atoms with E-state index in [1.807, 2.05) is 32.0 Å². The third kappa shape index (κ3) is 4.76. The van der Waals surface area contributed by atoms with Gasteiger partial charge in [-0.05, 0) is 50.7 Å². The van der Waals surface area contributed by atoms with Crippen LogP contribution in [0, 0.1) is 0 Å². The zero-order valence-electron chi connectivity index (χ0n) is 13.5. The van der Waals surface area contributed by atoms with Gasteiger partial charge in [0, 0.05) is 24.7 Å². The minimum Gasteiger partial charge on any atom is -0.359 e. The Morgan fingerprint density at radius 3 is 2.55 bits per heavy atom. The molecule has 0 unspecified atom stereocenters. The van der Waals surface area contributed by atoms with Crippen molar-refractivity contribution >= 4 is 17.6 Å². The van der Waals surface area contributed by atoms with E-state index in [1.54, 1.807) is 7.05 Å². The third-order valence-corrected chi connectivity index (χ3v) is 3.93. The van der Waals surface area contributed by atoms with Crippen molar-refractivity contribution in [2.75, 3.05) is 12.4 Å². The van der Waals surface area contributed by atoms with Crippen LogP contribution in [0.2, 0.25) is 0 Å². The summed E-state index contributed by atoms with van der Waals surface area (Å²) in [6.07, 6.45) is 3.36. The van der Waals surface area contributed by atoms with E-state index in [2.05, 4.69) is 22.0 Å². The zero-order valence-corrected chi connectivity index (χ0v) is 13.5. The predicted molar refractivity (Wildman–Crippen MR) is 88.0 cm³/mol. The second kappa shape index (κ2) is 6.81. The second-order valence-electron chi connectivity index (χ2n) is 6.50. The number of amides is 3. The number of hydrogen-bond donors (Lipinski definition) is 3. The molecule has 1 aromatic carbocycles. The first-order valence-electron chi connectivity index (χ1n) is 7.80. The molecule has 0 bridgehead atoms. The highest BCUT2D eigenvalue weighted by atomic mass is 16.2. The molecule has 0 aromatic heterocycles. The van der Waals surface area contributed by atoms with Gasteiger partial charge in [-0.3, -0.25) is 4.79 Å². The lowest BCUT2D eigenvalue weighted by atomic mass is 9.98. The predicted octanol–water partition coefficient (Wildman–Crippen LogP) is 2.99. The molecule has 1 aliphatic carbocycles. The molecule has 3 N–H and O–H groups in total. The van der Waals surface area contributed by atoms with Gasteiger partial charge in [0.2, 0.25) is 5.91 Å². The molecule has 22 heavy (non-hydrogen) atoms. The Labute approximate surface area is 131 Å². The average molecular weight is 303 g/mol. The molecule has 0 heterocycles. The van der Waals surface area contributed by atoms with Crippen LogP contribution < -0.4 is 16.0 Å². The van der Waals surface area contributed by atoms with Gasteiger partial charge in [-0.1, -0.05) is 18.2 Å². The van der Waals surface area contributed by atoms with Crippen LogP contribution >= 0.6 is 0 Å². The lowest BCUT2D eigenvalue weighted by Crippen LogP contribution is -2.46. The molecule has 120 valence electrons. The van der Waals surface area contributed by atoms with Crippen molar-refractivity contribution in [1.29, 1.82) is 0 Å². The molecule has 2 rings (SSSR count). The quantitative estimate of drug-likeness (QED) is 0.756. The summed E-state index contributed by atoms with van der Waals surface area (Å²) >= 11 is 0. The molecule has 1 aliphatic rings. The fourth-order valence-corrected chi connectivity index (χ4v) is 2.44. The fourth-order valence-electron chi connectivity index (χ4n) is 2.44. The van der Waals surface area contributed by atoms with Crippen LogP contribution in [-0.2, 0) is 4.79 Å². The van der Waals surface area contributed by atoms with E-state index in [0.29, 0.717) is 18.8 Å². The number of nitrogens with one attached hydrogen (secondary N) is 3. The summed E-state index contributed by atoms with van der Waals surface area (Å²) in [6, 6.07) is 7.71. The standard InChI is InChI=1S/C17H25N3O2/c1-17(2,11-10-15(21)18-3)20-16(22)19-14-7-5-4-6-13(14)12-8-9-12/h4-7,12H,8-11H2,1-3H3,(H,18,21)(H2,19,20,22). The van der Waals surface area contributed by atoms with Crippen molar-refractivity contribution in [1.82, 2.24) is 10.6 Å². The first-order valence-corrected chi connectivity index (χ1v) is 7.80. The van der Waals surface area contributed by atoms with E-state index in [1.165, 1.54) is 18.4 Å². The molecule has 5 nitrogen and oxygen atoms in total. The van der Waals surface area contributed by atoms with Gasteiger partial charge in [-0.15, -0.1) is 0 Å². The Balaban J connectivity index is 1.91.